The van der Waals surface area contributed by atoms with Crippen molar-refractivity contribution in [1.82, 2.24) is 4.98 Å². The molecule has 1 heterocycles. The number of anilines is 1. The molecule has 0 saturated heterocycles. The second kappa shape index (κ2) is 5.08. The van der Waals surface area contributed by atoms with Crippen molar-refractivity contribution < 1.29 is 0 Å². The van der Waals surface area contributed by atoms with Crippen LogP contribution in [0.3, 0.4) is 0 Å². The molecule has 0 amide bonds. The molecule has 0 spiro atoms. The van der Waals surface area contributed by atoms with Gasteiger partial charge in [-0.3, -0.25) is 0 Å². The molecule has 1 atom stereocenters. The number of pyridine rings is 1. The summed E-state index contributed by atoms with van der Waals surface area (Å²) in [5.41, 5.74) is 16.5. The van der Waals surface area contributed by atoms with Gasteiger partial charge in [0.1, 0.15) is 5.82 Å². The van der Waals surface area contributed by atoms with Crippen LogP contribution in [-0.4, -0.2) is 4.98 Å². The summed E-state index contributed by atoms with van der Waals surface area (Å²) in [6.07, 6.45) is 1.70. The Morgan fingerprint density at radius 1 is 1.17 bits per heavy atom. The molecule has 18 heavy (non-hydrogen) atoms. The molecule has 0 aliphatic rings. The highest BCUT2D eigenvalue weighted by atomic mass is 79.9. The minimum absolute atomic E-state index is 0.244. The van der Waals surface area contributed by atoms with Gasteiger partial charge in [-0.15, -0.1) is 0 Å². The summed E-state index contributed by atoms with van der Waals surface area (Å²) in [6.45, 7) is 4.04. The fourth-order valence-electron chi connectivity index (χ4n) is 2.14. The number of nitrogens with two attached hydrogens (primary N) is 2. The molecule has 1 aromatic heterocycles. The first kappa shape index (κ1) is 13.1. The molecule has 0 fully saturated rings. The number of rotatable bonds is 2. The summed E-state index contributed by atoms with van der Waals surface area (Å²) in [6, 6.07) is 7.75. The third-order valence-electron chi connectivity index (χ3n) is 3.12. The average molecular weight is 306 g/mol. The number of aryl methyl sites for hydroxylation is 2. The van der Waals surface area contributed by atoms with Crippen LogP contribution in [0.5, 0.6) is 0 Å². The Morgan fingerprint density at radius 2 is 1.89 bits per heavy atom. The van der Waals surface area contributed by atoms with E-state index in [0.29, 0.717) is 5.82 Å². The molecule has 0 bridgehead atoms. The Bertz CT molecular complexity index is 561. The van der Waals surface area contributed by atoms with Gasteiger partial charge < -0.3 is 11.5 Å². The smallest absolute Gasteiger partial charge is 0.128 e. The molecule has 2 rings (SSSR count). The van der Waals surface area contributed by atoms with Gasteiger partial charge in [-0.05, 0) is 48.7 Å². The first-order chi connectivity index (χ1) is 8.50. The van der Waals surface area contributed by atoms with E-state index < -0.39 is 0 Å². The highest BCUT2D eigenvalue weighted by Crippen LogP contribution is 2.29. The lowest BCUT2D eigenvalue weighted by Crippen LogP contribution is -2.17. The third-order valence-corrected chi connectivity index (χ3v) is 3.61. The second-order valence-electron chi connectivity index (χ2n) is 4.41. The molecule has 94 valence electrons. The molecule has 0 aliphatic carbocycles. The standard InChI is InChI=1S/C14H16BrN3/c1-8-5-6-18-14(17)12(8)13(16)11-4-3-10(15)7-9(11)2/h3-7,13H,16H2,1-2H3,(H2,17,18). The van der Waals surface area contributed by atoms with Crippen molar-refractivity contribution in [2.45, 2.75) is 19.9 Å². The molecule has 4 N–H and O–H groups in total. The molecule has 1 unspecified atom stereocenters. The van der Waals surface area contributed by atoms with E-state index in [-0.39, 0.29) is 6.04 Å². The van der Waals surface area contributed by atoms with Crippen molar-refractivity contribution in [3.05, 3.63) is 57.2 Å². The van der Waals surface area contributed by atoms with Gasteiger partial charge in [0.25, 0.3) is 0 Å². The van der Waals surface area contributed by atoms with E-state index in [9.17, 15) is 0 Å². The molecular weight excluding hydrogens is 290 g/mol. The van der Waals surface area contributed by atoms with Gasteiger partial charge in [0.2, 0.25) is 0 Å². The van der Waals surface area contributed by atoms with Gasteiger partial charge in [0.05, 0.1) is 6.04 Å². The molecule has 1 aromatic carbocycles. The van der Waals surface area contributed by atoms with Crippen molar-refractivity contribution in [3.63, 3.8) is 0 Å². The first-order valence-corrected chi connectivity index (χ1v) is 6.52. The van der Waals surface area contributed by atoms with Crippen LogP contribution in [0, 0.1) is 13.8 Å². The van der Waals surface area contributed by atoms with Crippen molar-refractivity contribution in [2.24, 2.45) is 5.73 Å². The van der Waals surface area contributed by atoms with Crippen LogP contribution < -0.4 is 11.5 Å². The van der Waals surface area contributed by atoms with Crippen LogP contribution in [-0.2, 0) is 0 Å². The fraction of sp³-hybridized carbons (Fsp3) is 0.214. The van der Waals surface area contributed by atoms with Crippen LogP contribution in [0.1, 0.15) is 28.3 Å². The number of hydrogen-bond acceptors (Lipinski definition) is 3. The van der Waals surface area contributed by atoms with E-state index in [1.807, 2.05) is 32.0 Å². The van der Waals surface area contributed by atoms with Gasteiger partial charge in [0.15, 0.2) is 0 Å². The molecule has 2 aromatic rings. The van der Waals surface area contributed by atoms with Gasteiger partial charge >= 0.3 is 0 Å². The van der Waals surface area contributed by atoms with Gasteiger partial charge in [-0.2, -0.15) is 0 Å². The Morgan fingerprint density at radius 3 is 2.50 bits per heavy atom. The minimum Gasteiger partial charge on any atom is -0.383 e. The van der Waals surface area contributed by atoms with Crippen molar-refractivity contribution in [3.8, 4) is 0 Å². The summed E-state index contributed by atoms with van der Waals surface area (Å²) >= 11 is 3.45. The molecule has 0 aliphatic heterocycles. The van der Waals surface area contributed by atoms with Crippen LogP contribution >= 0.6 is 15.9 Å². The van der Waals surface area contributed by atoms with Crippen LogP contribution in [0.25, 0.3) is 0 Å². The maximum absolute atomic E-state index is 6.33. The number of halogens is 1. The highest BCUT2D eigenvalue weighted by Gasteiger charge is 2.17. The maximum atomic E-state index is 6.33. The minimum atomic E-state index is -0.244. The summed E-state index contributed by atoms with van der Waals surface area (Å²) < 4.78 is 1.05. The largest absolute Gasteiger partial charge is 0.383 e. The number of nitrogens with zero attached hydrogens (tertiary/aromatic N) is 1. The fourth-order valence-corrected chi connectivity index (χ4v) is 2.61. The van der Waals surface area contributed by atoms with Gasteiger partial charge in [0, 0.05) is 16.2 Å². The van der Waals surface area contributed by atoms with Crippen LogP contribution in [0.15, 0.2) is 34.9 Å². The zero-order valence-corrected chi connectivity index (χ0v) is 12.0. The van der Waals surface area contributed by atoms with E-state index in [2.05, 4.69) is 27.0 Å². The van der Waals surface area contributed by atoms with Crippen molar-refractivity contribution in [1.29, 1.82) is 0 Å². The van der Waals surface area contributed by atoms with E-state index >= 15 is 0 Å². The quantitative estimate of drug-likeness (QED) is 0.896. The third kappa shape index (κ3) is 2.40. The molecule has 3 nitrogen and oxygen atoms in total. The predicted octanol–water partition coefficient (Wildman–Crippen LogP) is 3.09. The Hall–Kier alpha value is -1.39. The predicted molar refractivity (Wildman–Crippen MR) is 78.3 cm³/mol. The zero-order valence-electron chi connectivity index (χ0n) is 10.4. The average Bonchev–Trinajstić information content (AvgIpc) is 2.28. The van der Waals surface area contributed by atoms with E-state index in [1.54, 1.807) is 6.20 Å². The normalized spacial score (nSPS) is 12.4. The van der Waals surface area contributed by atoms with Crippen LogP contribution in [0.2, 0.25) is 0 Å². The van der Waals surface area contributed by atoms with Crippen molar-refractivity contribution >= 4 is 21.7 Å². The first-order valence-electron chi connectivity index (χ1n) is 5.73. The lowest BCUT2D eigenvalue weighted by atomic mass is 9.93. The van der Waals surface area contributed by atoms with E-state index in [1.165, 1.54) is 0 Å². The molecular formula is C14H16BrN3. The van der Waals surface area contributed by atoms with E-state index in [0.717, 1.165) is 26.7 Å². The number of benzene rings is 1. The van der Waals surface area contributed by atoms with Gasteiger partial charge in [-0.1, -0.05) is 22.0 Å². The Balaban J connectivity index is 2.51. The number of hydrogen-bond donors (Lipinski definition) is 2. The molecule has 0 saturated carbocycles. The lowest BCUT2D eigenvalue weighted by Gasteiger charge is -2.18. The topological polar surface area (TPSA) is 64.9 Å². The summed E-state index contributed by atoms with van der Waals surface area (Å²) in [4.78, 5) is 4.12. The van der Waals surface area contributed by atoms with Crippen molar-refractivity contribution in [2.75, 3.05) is 5.73 Å². The SMILES string of the molecule is Cc1cc(Br)ccc1C(N)c1c(C)ccnc1N. The summed E-state index contributed by atoms with van der Waals surface area (Å²) in [7, 11) is 0. The Labute approximate surface area is 115 Å². The number of aromatic nitrogens is 1. The summed E-state index contributed by atoms with van der Waals surface area (Å²) in [5, 5.41) is 0. The maximum Gasteiger partial charge on any atom is 0.128 e. The molecule has 4 heteroatoms. The second-order valence-corrected chi connectivity index (χ2v) is 5.32. The monoisotopic (exact) mass is 305 g/mol. The lowest BCUT2D eigenvalue weighted by molar-refractivity contribution is 0.848. The molecule has 0 radical (unpaired) electrons. The summed E-state index contributed by atoms with van der Waals surface area (Å²) in [5.74, 6) is 0.504. The Kier molecular flexibility index (Phi) is 3.68. The van der Waals surface area contributed by atoms with E-state index in [4.69, 9.17) is 11.5 Å². The van der Waals surface area contributed by atoms with Gasteiger partial charge in [-0.25, -0.2) is 4.98 Å². The number of nitrogen functional groups attached to an aromatic ring is 1. The highest BCUT2D eigenvalue weighted by molar-refractivity contribution is 9.10. The zero-order chi connectivity index (χ0) is 13.3. The van der Waals surface area contributed by atoms with Crippen LogP contribution in [0.4, 0.5) is 5.82 Å².